The van der Waals surface area contributed by atoms with Crippen molar-refractivity contribution in [1.29, 1.82) is 0 Å². The van der Waals surface area contributed by atoms with Crippen LogP contribution in [0.25, 0.3) is 0 Å². The molecule has 0 saturated heterocycles. The molecule has 0 heterocycles. The Morgan fingerprint density at radius 3 is 2.21 bits per heavy atom. The number of hydrogen-bond donors (Lipinski definition) is 1. The van der Waals surface area contributed by atoms with E-state index >= 15 is 0 Å². The summed E-state index contributed by atoms with van der Waals surface area (Å²) in [6.45, 7) is 8.69. The van der Waals surface area contributed by atoms with Crippen molar-refractivity contribution < 1.29 is 22.4 Å². The lowest BCUT2D eigenvalue weighted by Gasteiger charge is -2.32. The van der Waals surface area contributed by atoms with Crippen LogP contribution in [0.3, 0.4) is 0 Å². The lowest BCUT2D eigenvalue weighted by molar-refractivity contribution is -0.139. The van der Waals surface area contributed by atoms with Crippen LogP contribution < -0.4 is 9.62 Å². The van der Waals surface area contributed by atoms with Crippen LogP contribution in [0.5, 0.6) is 0 Å². The predicted molar refractivity (Wildman–Crippen MR) is 151 cm³/mol. The van der Waals surface area contributed by atoms with E-state index in [1.165, 1.54) is 29.2 Å². The molecular weight excluding hydrogens is 517 g/mol. The summed E-state index contributed by atoms with van der Waals surface area (Å²) in [5.41, 5.74) is 2.06. The maximum atomic E-state index is 14.6. The standard InChI is InChI=1S/C30H36FN3O4S/c1-21(2)18-32-30(36)24(5)33(19-25-11-9-10-14-27(25)31)29(35)20-34(28-17-22(3)15-16-23(28)4)39(37,38)26-12-7-6-8-13-26/h6-17,21,24H,18-20H2,1-5H3,(H,32,36). The number of rotatable bonds is 11. The number of amides is 2. The van der Waals surface area contributed by atoms with Gasteiger partial charge in [-0.3, -0.25) is 13.9 Å². The van der Waals surface area contributed by atoms with Crippen molar-refractivity contribution in [3.8, 4) is 0 Å². The minimum atomic E-state index is -4.16. The molecule has 0 aliphatic carbocycles. The third-order valence-electron chi connectivity index (χ3n) is 6.39. The van der Waals surface area contributed by atoms with Gasteiger partial charge in [-0.1, -0.05) is 62.4 Å². The Hall–Kier alpha value is -3.72. The van der Waals surface area contributed by atoms with Crippen LogP contribution in [-0.2, 0) is 26.2 Å². The molecule has 3 aromatic carbocycles. The number of nitrogens with zero attached hydrogens (tertiary/aromatic N) is 2. The molecule has 0 aliphatic heterocycles. The minimum absolute atomic E-state index is 0.0297. The fraction of sp³-hybridized carbons (Fsp3) is 0.333. The molecule has 0 aliphatic rings. The summed E-state index contributed by atoms with van der Waals surface area (Å²) in [4.78, 5) is 28.2. The van der Waals surface area contributed by atoms with E-state index in [0.29, 0.717) is 17.8 Å². The summed E-state index contributed by atoms with van der Waals surface area (Å²) in [7, 11) is -4.16. The number of aryl methyl sites for hydroxylation is 2. The summed E-state index contributed by atoms with van der Waals surface area (Å²) in [6, 6.07) is 18.3. The highest BCUT2D eigenvalue weighted by Crippen LogP contribution is 2.28. The van der Waals surface area contributed by atoms with E-state index in [0.717, 1.165) is 9.87 Å². The van der Waals surface area contributed by atoms with Crippen LogP contribution >= 0.6 is 0 Å². The molecule has 7 nitrogen and oxygen atoms in total. The zero-order chi connectivity index (χ0) is 28.7. The number of benzene rings is 3. The lowest BCUT2D eigenvalue weighted by Crippen LogP contribution is -2.51. The molecule has 208 valence electrons. The highest BCUT2D eigenvalue weighted by atomic mass is 32.2. The summed E-state index contributed by atoms with van der Waals surface area (Å²) >= 11 is 0. The van der Waals surface area contributed by atoms with Crippen molar-refractivity contribution in [2.24, 2.45) is 5.92 Å². The van der Waals surface area contributed by atoms with Gasteiger partial charge in [0.1, 0.15) is 18.4 Å². The number of carbonyl (C=O) groups excluding carboxylic acids is 2. The van der Waals surface area contributed by atoms with Gasteiger partial charge in [-0.2, -0.15) is 0 Å². The third kappa shape index (κ3) is 7.44. The molecule has 9 heteroatoms. The zero-order valence-electron chi connectivity index (χ0n) is 23.0. The Labute approximate surface area is 230 Å². The average molecular weight is 554 g/mol. The normalized spacial score (nSPS) is 12.2. The Morgan fingerprint density at radius 2 is 1.56 bits per heavy atom. The first-order valence-electron chi connectivity index (χ1n) is 12.9. The molecule has 0 radical (unpaired) electrons. The Balaban J connectivity index is 2.05. The number of hydrogen-bond acceptors (Lipinski definition) is 4. The van der Waals surface area contributed by atoms with Gasteiger partial charge in [-0.05, 0) is 62.1 Å². The molecule has 0 bridgehead atoms. The van der Waals surface area contributed by atoms with Gasteiger partial charge in [-0.25, -0.2) is 12.8 Å². The first-order chi connectivity index (χ1) is 18.4. The van der Waals surface area contributed by atoms with Crippen molar-refractivity contribution in [1.82, 2.24) is 10.2 Å². The second-order valence-electron chi connectivity index (χ2n) is 10.0. The third-order valence-corrected chi connectivity index (χ3v) is 8.17. The Bertz CT molecular complexity index is 1410. The summed E-state index contributed by atoms with van der Waals surface area (Å²) in [5.74, 6) is -1.37. The monoisotopic (exact) mass is 553 g/mol. The van der Waals surface area contributed by atoms with Gasteiger partial charge in [0.15, 0.2) is 0 Å². The number of nitrogens with one attached hydrogen (secondary N) is 1. The maximum absolute atomic E-state index is 14.6. The van der Waals surface area contributed by atoms with E-state index < -0.39 is 40.2 Å². The molecule has 39 heavy (non-hydrogen) atoms. The molecule has 1 unspecified atom stereocenters. The van der Waals surface area contributed by atoms with E-state index in [1.807, 2.05) is 26.8 Å². The Kier molecular flexibility index (Phi) is 9.86. The maximum Gasteiger partial charge on any atom is 0.264 e. The van der Waals surface area contributed by atoms with Gasteiger partial charge in [0.2, 0.25) is 11.8 Å². The van der Waals surface area contributed by atoms with Gasteiger partial charge in [0.25, 0.3) is 10.0 Å². The van der Waals surface area contributed by atoms with Gasteiger partial charge in [-0.15, -0.1) is 0 Å². The van der Waals surface area contributed by atoms with Gasteiger partial charge >= 0.3 is 0 Å². The first-order valence-corrected chi connectivity index (χ1v) is 14.3. The van der Waals surface area contributed by atoms with Crippen molar-refractivity contribution in [3.63, 3.8) is 0 Å². The largest absolute Gasteiger partial charge is 0.354 e. The molecule has 0 spiro atoms. The van der Waals surface area contributed by atoms with Crippen molar-refractivity contribution in [3.05, 3.63) is 95.3 Å². The van der Waals surface area contributed by atoms with E-state index in [1.54, 1.807) is 56.3 Å². The molecule has 3 rings (SSSR count). The molecule has 1 N–H and O–H groups in total. The smallest absolute Gasteiger partial charge is 0.264 e. The quantitative estimate of drug-likeness (QED) is 0.369. The molecular formula is C30H36FN3O4S. The number of anilines is 1. The van der Waals surface area contributed by atoms with Crippen LogP contribution in [0.15, 0.2) is 77.7 Å². The van der Waals surface area contributed by atoms with Crippen molar-refractivity contribution in [2.45, 2.75) is 52.1 Å². The lowest BCUT2D eigenvalue weighted by atomic mass is 10.1. The van der Waals surface area contributed by atoms with Crippen molar-refractivity contribution >= 4 is 27.5 Å². The molecule has 2 amide bonds. The highest BCUT2D eigenvalue weighted by Gasteiger charge is 2.33. The van der Waals surface area contributed by atoms with Crippen LogP contribution in [0.1, 0.15) is 37.5 Å². The Morgan fingerprint density at radius 1 is 0.923 bits per heavy atom. The number of halogens is 1. The fourth-order valence-electron chi connectivity index (χ4n) is 4.07. The van der Waals surface area contributed by atoms with Gasteiger partial charge < -0.3 is 10.2 Å². The molecule has 0 saturated carbocycles. The van der Waals surface area contributed by atoms with E-state index in [-0.39, 0.29) is 22.9 Å². The summed E-state index contributed by atoms with van der Waals surface area (Å²) < 4.78 is 43.4. The highest BCUT2D eigenvalue weighted by molar-refractivity contribution is 7.92. The van der Waals surface area contributed by atoms with Crippen molar-refractivity contribution in [2.75, 3.05) is 17.4 Å². The zero-order valence-corrected chi connectivity index (χ0v) is 23.8. The van der Waals surface area contributed by atoms with Crippen LogP contribution in [0.2, 0.25) is 0 Å². The fourth-order valence-corrected chi connectivity index (χ4v) is 5.56. The minimum Gasteiger partial charge on any atom is -0.354 e. The predicted octanol–water partition coefficient (Wildman–Crippen LogP) is 4.83. The number of carbonyl (C=O) groups is 2. The van der Waals surface area contributed by atoms with Crippen LogP contribution in [0, 0.1) is 25.6 Å². The van der Waals surface area contributed by atoms with Gasteiger partial charge in [0, 0.05) is 18.7 Å². The summed E-state index contributed by atoms with van der Waals surface area (Å²) in [5, 5.41) is 2.82. The van der Waals surface area contributed by atoms with E-state index in [4.69, 9.17) is 0 Å². The summed E-state index contributed by atoms with van der Waals surface area (Å²) in [6.07, 6.45) is 0. The number of sulfonamides is 1. The molecule has 1 atom stereocenters. The van der Waals surface area contributed by atoms with E-state index in [9.17, 15) is 22.4 Å². The molecule has 0 aromatic heterocycles. The SMILES string of the molecule is Cc1ccc(C)c(N(CC(=O)N(Cc2ccccc2F)C(C)C(=O)NCC(C)C)S(=O)(=O)c2ccccc2)c1. The molecule has 0 fully saturated rings. The average Bonchev–Trinajstić information content (AvgIpc) is 2.91. The van der Waals surface area contributed by atoms with Crippen LogP contribution in [-0.4, -0.2) is 44.3 Å². The van der Waals surface area contributed by atoms with Crippen LogP contribution in [0.4, 0.5) is 10.1 Å². The van der Waals surface area contributed by atoms with E-state index in [2.05, 4.69) is 5.32 Å². The second kappa shape index (κ2) is 12.9. The topological polar surface area (TPSA) is 86.8 Å². The first kappa shape index (κ1) is 29.8. The van der Waals surface area contributed by atoms with Gasteiger partial charge in [0.05, 0.1) is 10.6 Å². The second-order valence-corrected chi connectivity index (χ2v) is 11.9. The molecule has 3 aromatic rings.